The van der Waals surface area contributed by atoms with Gasteiger partial charge in [-0.25, -0.2) is 0 Å². The lowest BCUT2D eigenvalue weighted by Gasteiger charge is -2.35. The molecule has 276 valence electrons. The van der Waals surface area contributed by atoms with Crippen molar-refractivity contribution >= 4 is 28.7 Å². The Bertz CT molecular complexity index is 3040. The normalized spacial score (nSPS) is 16.0. The van der Waals surface area contributed by atoms with E-state index in [1.807, 2.05) is 151 Å². The summed E-state index contributed by atoms with van der Waals surface area (Å²) in [6, 6.07) is 60.7. The Morgan fingerprint density at radius 3 is 1.76 bits per heavy atom. The van der Waals surface area contributed by atoms with E-state index in [4.69, 9.17) is 0 Å². The fourth-order valence-corrected chi connectivity index (χ4v) is 8.29. The van der Waals surface area contributed by atoms with Crippen LogP contribution in [0.4, 0.5) is 17.1 Å². The van der Waals surface area contributed by atoms with Crippen molar-refractivity contribution in [3.05, 3.63) is 283 Å². The van der Waals surface area contributed by atoms with Gasteiger partial charge in [0.1, 0.15) is 0 Å². The summed E-state index contributed by atoms with van der Waals surface area (Å²) in [5.74, 6) is 0. The molecule has 1 unspecified atom stereocenters. The summed E-state index contributed by atoms with van der Waals surface area (Å²) in [5, 5.41) is 0. The van der Waals surface area contributed by atoms with Crippen molar-refractivity contribution in [3.63, 3.8) is 0 Å². The zero-order chi connectivity index (χ0) is 43.7. The second-order valence-electron chi connectivity index (χ2n) is 14.2. The van der Waals surface area contributed by atoms with Crippen molar-refractivity contribution in [3.8, 4) is 22.3 Å². The van der Waals surface area contributed by atoms with Crippen LogP contribution in [-0.4, -0.2) is 0 Å². The largest absolute Gasteiger partial charge is 0.310 e. The number of benzene rings is 8. The summed E-state index contributed by atoms with van der Waals surface area (Å²) in [6.45, 7) is 8.40. The van der Waals surface area contributed by atoms with E-state index >= 15 is 0 Å². The van der Waals surface area contributed by atoms with E-state index < -0.39 is 5.41 Å². The number of hydrogen-bond donors (Lipinski definition) is 0. The Balaban J connectivity index is 1.33. The molecule has 1 aliphatic carbocycles. The van der Waals surface area contributed by atoms with Gasteiger partial charge < -0.3 is 4.90 Å². The fraction of sp³-hybridized carbons (Fsp3) is 0.0175. The molecule has 8 aromatic carbocycles. The van der Waals surface area contributed by atoms with Gasteiger partial charge >= 0.3 is 0 Å². The smallest absolute Gasteiger partial charge is 0.0714 e. The molecule has 0 heterocycles. The van der Waals surface area contributed by atoms with E-state index in [9.17, 15) is 6.85 Å². The van der Waals surface area contributed by atoms with Crippen molar-refractivity contribution in [2.75, 3.05) is 4.90 Å². The van der Waals surface area contributed by atoms with Crippen LogP contribution in [0.1, 0.15) is 40.2 Å². The minimum atomic E-state index is -0.808. The minimum absolute atomic E-state index is 0.0610. The zero-order valence-electron chi connectivity index (χ0n) is 37.0. The Morgan fingerprint density at radius 2 is 1.09 bits per heavy atom. The van der Waals surface area contributed by atoms with Crippen molar-refractivity contribution in [1.29, 1.82) is 0 Å². The lowest BCUT2D eigenvalue weighted by molar-refractivity contribution is 0.767. The van der Waals surface area contributed by atoms with Gasteiger partial charge in [-0.05, 0) is 109 Å². The Morgan fingerprint density at radius 1 is 0.517 bits per heavy atom. The molecular formula is C57H43N. The highest BCUT2D eigenvalue weighted by molar-refractivity contribution is 5.93. The lowest BCUT2D eigenvalue weighted by Crippen LogP contribution is -2.29. The molecule has 0 fully saturated rings. The molecule has 0 bridgehead atoms. The molecule has 0 saturated heterocycles. The predicted molar refractivity (Wildman–Crippen MR) is 247 cm³/mol. The molecule has 0 aliphatic heterocycles. The van der Waals surface area contributed by atoms with Gasteiger partial charge in [-0.3, -0.25) is 0 Å². The molecule has 0 N–H and O–H groups in total. The molecule has 8 aromatic rings. The van der Waals surface area contributed by atoms with Crippen LogP contribution in [0, 0.1) is 0 Å². The molecular weight excluding hydrogens is 699 g/mol. The molecule has 0 aromatic heterocycles. The zero-order valence-corrected chi connectivity index (χ0v) is 32.0. The first kappa shape index (κ1) is 30.7. The average Bonchev–Trinajstić information content (AvgIpc) is 3.64. The van der Waals surface area contributed by atoms with Crippen molar-refractivity contribution in [1.82, 2.24) is 0 Å². The van der Waals surface area contributed by atoms with Crippen LogP contribution in [-0.2, 0) is 5.41 Å². The summed E-state index contributed by atoms with van der Waals surface area (Å²) in [6.07, 6.45) is 5.69. The molecule has 1 aliphatic rings. The van der Waals surface area contributed by atoms with E-state index in [-0.39, 0.29) is 41.5 Å². The monoisotopic (exact) mass is 746 g/mol. The number of hydrogen-bond acceptors (Lipinski definition) is 1. The maximum absolute atomic E-state index is 9.86. The van der Waals surface area contributed by atoms with Gasteiger partial charge in [-0.1, -0.05) is 207 Å². The molecule has 1 heteroatoms. The van der Waals surface area contributed by atoms with Crippen LogP contribution in [0.2, 0.25) is 0 Å². The minimum Gasteiger partial charge on any atom is -0.310 e. The lowest BCUT2D eigenvalue weighted by atomic mass is 9.67. The molecule has 0 amide bonds. The number of rotatable bonds is 11. The third kappa shape index (κ3) is 6.53. The van der Waals surface area contributed by atoms with Crippen LogP contribution in [0.5, 0.6) is 0 Å². The highest BCUT2D eigenvalue weighted by atomic mass is 15.1. The molecule has 1 atom stereocenters. The number of fused-ring (bicyclic) bond motifs is 3. The van der Waals surface area contributed by atoms with Gasteiger partial charge in [0, 0.05) is 17.1 Å². The van der Waals surface area contributed by atoms with E-state index in [1.165, 1.54) is 0 Å². The Hall–Kier alpha value is -7.48. The Kier molecular flexibility index (Phi) is 8.44. The van der Waals surface area contributed by atoms with E-state index in [2.05, 4.69) is 67.8 Å². The van der Waals surface area contributed by atoms with Gasteiger partial charge in [-0.15, -0.1) is 0 Å². The number of anilines is 3. The van der Waals surface area contributed by atoms with Gasteiger partial charge in [0.05, 0.1) is 12.3 Å². The quantitative estimate of drug-likeness (QED) is 0.0941. The fourth-order valence-electron chi connectivity index (χ4n) is 8.29. The summed E-state index contributed by atoms with van der Waals surface area (Å²) in [4.78, 5) is 1.84. The van der Waals surface area contributed by atoms with Gasteiger partial charge in [0.25, 0.3) is 0 Å². The SMILES string of the molecule is [2H]/C(=C(/c1ccccc1)c1c([2H])c([2H])c(N(c2ccc(-c3ccccc3)cc2)c2ccc3c(c2)C(/C(C=C)=C/C=C)(c2ccccc2)c2ccccc2-3)c([2H])c1[2H])c1ccccc1. The first-order chi connectivity index (χ1) is 30.8. The summed E-state index contributed by atoms with van der Waals surface area (Å²) < 4.78 is 48.6. The van der Waals surface area contributed by atoms with Crippen LogP contribution >= 0.6 is 0 Å². The topological polar surface area (TPSA) is 3.24 Å². The second kappa shape index (κ2) is 15.9. The highest BCUT2D eigenvalue weighted by Crippen LogP contribution is 2.57. The maximum atomic E-state index is 9.86. The summed E-state index contributed by atoms with van der Waals surface area (Å²) in [7, 11) is 0. The molecule has 0 saturated carbocycles. The van der Waals surface area contributed by atoms with Crippen LogP contribution in [0.15, 0.2) is 249 Å². The van der Waals surface area contributed by atoms with Gasteiger partial charge in [0.2, 0.25) is 0 Å². The first-order valence-corrected chi connectivity index (χ1v) is 19.4. The molecule has 9 rings (SSSR count). The molecule has 0 radical (unpaired) electrons. The van der Waals surface area contributed by atoms with Gasteiger partial charge in [-0.2, -0.15) is 0 Å². The highest BCUT2D eigenvalue weighted by Gasteiger charge is 2.46. The third-order valence-corrected chi connectivity index (χ3v) is 10.9. The first-order valence-electron chi connectivity index (χ1n) is 21.9. The van der Waals surface area contributed by atoms with E-state index in [1.54, 1.807) is 6.08 Å². The van der Waals surface area contributed by atoms with Crippen molar-refractivity contribution in [2.45, 2.75) is 5.41 Å². The number of allylic oxidation sites excluding steroid dienone is 4. The van der Waals surface area contributed by atoms with Crippen LogP contribution in [0.3, 0.4) is 0 Å². The summed E-state index contributed by atoms with van der Waals surface area (Å²) >= 11 is 0. The Labute approximate surface area is 349 Å². The van der Waals surface area contributed by atoms with Crippen LogP contribution in [0.25, 0.3) is 33.9 Å². The molecule has 0 spiro atoms. The molecule has 58 heavy (non-hydrogen) atoms. The van der Waals surface area contributed by atoms with Crippen molar-refractivity contribution in [2.24, 2.45) is 0 Å². The maximum Gasteiger partial charge on any atom is 0.0714 e. The molecule has 1 nitrogen and oxygen atoms in total. The van der Waals surface area contributed by atoms with E-state index in [0.29, 0.717) is 28.1 Å². The predicted octanol–water partition coefficient (Wildman–Crippen LogP) is 15.0. The van der Waals surface area contributed by atoms with Crippen molar-refractivity contribution < 1.29 is 6.85 Å². The average molecular weight is 747 g/mol. The third-order valence-electron chi connectivity index (χ3n) is 10.9. The van der Waals surface area contributed by atoms with Crippen LogP contribution < -0.4 is 4.90 Å². The number of nitrogens with zero attached hydrogens (tertiary/aromatic N) is 1. The van der Waals surface area contributed by atoms with E-state index in [0.717, 1.165) is 44.5 Å². The second-order valence-corrected chi connectivity index (χ2v) is 14.2. The van der Waals surface area contributed by atoms with Gasteiger partial charge in [0.15, 0.2) is 0 Å². The standard InChI is InChI=1S/C57H43N/c1-3-19-47(4-2)57(48-26-15-8-16-27-48)55-29-18-17-28-52(55)53-39-38-51(41-56(53)57)58(49-34-30-44(31-35-49)43-22-11-6-12-23-43)50-36-32-46(33-37-50)54(45-24-13-7-14-25-45)40-42-20-9-5-10-21-42/h3-41H,1-2H2/b47-19+,54-40+/i32D,33D,36D,37D,40D. The summed E-state index contributed by atoms with van der Waals surface area (Å²) in [5.41, 5.74) is 10.4.